The Bertz CT molecular complexity index is 429. The lowest BCUT2D eigenvalue weighted by Crippen LogP contribution is -2.01. The SMILES string of the molecule is O=C(O)/C=C/c1cnc2c(c1)OCCCN2. The summed E-state index contributed by atoms with van der Waals surface area (Å²) in [5.74, 6) is 0.406. The molecular weight excluding hydrogens is 208 g/mol. The van der Waals surface area contributed by atoms with Crippen molar-refractivity contribution in [3.05, 3.63) is 23.9 Å². The normalized spacial score (nSPS) is 14.8. The van der Waals surface area contributed by atoms with Gasteiger partial charge in [-0.3, -0.25) is 0 Å². The lowest BCUT2D eigenvalue weighted by atomic mass is 10.2. The predicted molar refractivity (Wildman–Crippen MR) is 59.5 cm³/mol. The van der Waals surface area contributed by atoms with Crippen molar-refractivity contribution in [3.8, 4) is 5.75 Å². The number of aliphatic carboxylic acids is 1. The lowest BCUT2D eigenvalue weighted by molar-refractivity contribution is -0.131. The standard InChI is InChI=1S/C11H12N2O3/c14-10(15)3-2-8-6-9-11(13-7-8)12-4-1-5-16-9/h2-3,6-7H,1,4-5H2,(H,12,13)(H,14,15)/b3-2+. The minimum absolute atomic E-state index is 0.647. The molecule has 0 spiro atoms. The molecular formula is C11H12N2O3. The minimum atomic E-state index is -0.978. The molecule has 1 aromatic rings. The molecule has 0 saturated carbocycles. The van der Waals surface area contributed by atoms with Gasteiger partial charge in [0.25, 0.3) is 0 Å². The van der Waals surface area contributed by atoms with Crippen molar-refractivity contribution in [1.29, 1.82) is 0 Å². The van der Waals surface area contributed by atoms with E-state index >= 15 is 0 Å². The Kier molecular flexibility index (Phi) is 3.05. The number of fused-ring (bicyclic) bond motifs is 1. The van der Waals surface area contributed by atoms with Crippen LogP contribution in [0, 0.1) is 0 Å². The Balaban J connectivity index is 2.24. The quantitative estimate of drug-likeness (QED) is 0.736. The zero-order chi connectivity index (χ0) is 11.4. The van der Waals surface area contributed by atoms with Crippen molar-refractivity contribution >= 4 is 17.9 Å². The summed E-state index contributed by atoms with van der Waals surface area (Å²) in [6.07, 6.45) is 5.11. The number of carboxylic acids is 1. The molecule has 0 amide bonds. The summed E-state index contributed by atoms with van der Waals surface area (Å²) in [6.45, 7) is 1.48. The number of ether oxygens (including phenoxy) is 1. The molecule has 1 aliphatic heterocycles. The van der Waals surface area contributed by atoms with Crippen LogP contribution < -0.4 is 10.1 Å². The van der Waals surface area contributed by atoms with Crippen LogP contribution >= 0.6 is 0 Å². The number of nitrogens with one attached hydrogen (secondary N) is 1. The van der Waals surface area contributed by atoms with E-state index in [0.717, 1.165) is 19.0 Å². The van der Waals surface area contributed by atoms with Crippen LogP contribution in [-0.2, 0) is 4.79 Å². The second kappa shape index (κ2) is 4.65. The Labute approximate surface area is 92.8 Å². The van der Waals surface area contributed by atoms with Gasteiger partial charge in [0.1, 0.15) is 0 Å². The molecule has 0 bridgehead atoms. The van der Waals surface area contributed by atoms with Gasteiger partial charge >= 0.3 is 5.97 Å². The van der Waals surface area contributed by atoms with E-state index in [9.17, 15) is 4.79 Å². The van der Waals surface area contributed by atoms with E-state index < -0.39 is 5.97 Å². The van der Waals surface area contributed by atoms with Gasteiger partial charge in [-0.2, -0.15) is 0 Å². The number of hydrogen-bond donors (Lipinski definition) is 2. The molecule has 0 aromatic carbocycles. The summed E-state index contributed by atoms with van der Waals surface area (Å²) < 4.78 is 5.49. The van der Waals surface area contributed by atoms with E-state index in [-0.39, 0.29) is 0 Å². The average Bonchev–Trinajstić information content (AvgIpc) is 2.50. The van der Waals surface area contributed by atoms with Crippen LogP contribution in [0.2, 0.25) is 0 Å². The Morgan fingerprint density at radius 2 is 2.50 bits per heavy atom. The van der Waals surface area contributed by atoms with Crippen molar-refractivity contribution in [3.63, 3.8) is 0 Å². The summed E-state index contributed by atoms with van der Waals surface area (Å²) in [7, 11) is 0. The Morgan fingerprint density at radius 1 is 1.62 bits per heavy atom. The number of pyridine rings is 1. The summed E-state index contributed by atoms with van der Waals surface area (Å²) in [6, 6.07) is 1.78. The maximum absolute atomic E-state index is 10.4. The summed E-state index contributed by atoms with van der Waals surface area (Å²) >= 11 is 0. The third-order valence-electron chi connectivity index (χ3n) is 2.16. The van der Waals surface area contributed by atoms with Crippen molar-refractivity contribution in [2.75, 3.05) is 18.5 Å². The topological polar surface area (TPSA) is 71.5 Å². The van der Waals surface area contributed by atoms with Gasteiger partial charge in [-0.25, -0.2) is 9.78 Å². The van der Waals surface area contributed by atoms with Crippen molar-refractivity contribution in [2.24, 2.45) is 0 Å². The number of nitrogens with zero attached hydrogens (tertiary/aromatic N) is 1. The van der Waals surface area contributed by atoms with Gasteiger partial charge in [0.05, 0.1) is 6.61 Å². The van der Waals surface area contributed by atoms with Crippen LogP contribution in [0.4, 0.5) is 5.82 Å². The molecule has 0 unspecified atom stereocenters. The van der Waals surface area contributed by atoms with Gasteiger partial charge in [-0.15, -0.1) is 0 Å². The molecule has 2 N–H and O–H groups in total. The number of aromatic nitrogens is 1. The molecule has 0 radical (unpaired) electrons. The van der Waals surface area contributed by atoms with Gasteiger partial charge in [-0.1, -0.05) is 0 Å². The van der Waals surface area contributed by atoms with Crippen LogP contribution in [0.3, 0.4) is 0 Å². The van der Waals surface area contributed by atoms with E-state index in [4.69, 9.17) is 9.84 Å². The second-order valence-corrected chi connectivity index (χ2v) is 3.42. The zero-order valence-electron chi connectivity index (χ0n) is 8.64. The van der Waals surface area contributed by atoms with E-state index in [2.05, 4.69) is 10.3 Å². The highest BCUT2D eigenvalue weighted by molar-refractivity contribution is 5.85. The summed E-state index contributed by atoms with van der Waals surface area (Å²) in [5.41, 5.74) is 0.713. The molecule has 0 atom stereocenters. The molecule has 0 aliphatic carbocycles. The van der Waals surface area contributed by atoms with Crippen LogP contribution in [0.25, 0.3) is 6.08 Å². The third-order valence-corrected chi connectivity index (χ3v) is 2.16. The number of carboxylic acid groups (broad SMARTS) is 1. The zero-order valence-corrected chi connectivity index (χ0v) is 8.64. The first-order valence-corrected chi connectivity index (χ1v) is 5.03. The number of hydrogen-bond acceptors (Lipinski definition) is 4. The van der Waals surface area contributed by atoms with Gasteiger partial charge in [0.15, 0.2) is 11.6 Å². The first-order chi connectivity index (χ1) is 7.75. The Hall–Kier alpha value is -2.04. The van der Waals surface area contributed by atoms with E-state index in [1.54, 1.807) is 12.3 Å². The number of anilines is 1. The molecule has 84 valence electrons. The van der Waals surface area contributed by atoms with E-state index in [1.165, 1.54) is 6.08 Å². The van der Waals surface area contributed by atoms with Crippen molar-refractivity contribution in [1.82, 2.24) is 4.98 Å². The summed E-state index contributed by atoms with van der Waals surface area (Å²) in [4.78, 5) is 14.5. The first kappa shape index (κ1) is 10.5. The maximum atomic E-state index is 10.4. The fraction of sp³-hybridized carbons (Fsp3) is 0.273. The largest absolute Gasteiger partial charge is 0.490 e. The van der Waals surface area contributed by atoms with Crippen molar-refractivity contribution in [2.45, 2.75) is 6.42 Å². The molecule has 2 heterocycles. The highest BCUT2D eigenvalue weighted by Gasteiger charge is 2.09. The van der Waals surface area contributed by atoms with Crippen LogP contribution in [0.1, 0.15) is 12.0 Å². The predicted octanol–water partition coefficient (Wildman–Crippen LogP) is 1.37. The van der Waals surface area contributed by atoms with Gasteiger partial charge in [0, 0.05) is 18.8 Å². The first-order valence-electron chi connectivity index (χ1n) is 5.03. The highest BCUT2D eigenvalue weighted by Crippen LogP contribution is 2.25. The van der Waals surface area contributed by atoms with E-state index in [0.29, 0.717) is 23.7 Å². The Morgan fingerprint density at radius 3 is 3.31 bits per heavy atom. The van der Waals surface area contributed by atoms with E-state index in [1.807, 2.05) is 0 Å². The smallest absolute Gasteiger partial charge is 0.328 e. The molecule has 1 aliphatic rings. The molecule has 1 aromatic heterocycles. The molecule has 0 fully saturated rings. The van der Waals surface area contributed by atoms with Crippen LogP contribution in [-0.4, -0.2) is 29.2 Å². The van der Waals surface area contributed by atoms with Gasteiger partial charge < -0.3 is 15.2 Å². The third kappa shape index (κ3) is 2.50. The molecule has 0 saturated heterocycles. The summed E-state index contributed by atoms with van der Waals surface area (Å²) in [5, 5.41) is 11.6. The van der Waals surface area contributed by atoms with Gasteiger partial charge in [0.2, 0.25) is 0 Å². The van der Waals surface area contributed by atoms with Crippen molar-refractivity contribution < 1.29 is 14.6 Å². The van der Waals surface area contributed by atoms with Crippen LogP contribution in [0.5, 0.6) is 5.75 Å². The maximum Gasteiger partial charge on any atom is 0.328 e. The monoisotopic (exact) mass is 220 g/mol. The minimum Gasteiger partial charge on any atom is -0.490 e. The highest BCUT2D eigenvalue weighted by atomic mass is 16.5. The number of rotatable bonds is 2. The lowest BCUT2D eigenvalue weighted by Gasteiger charge is -2.06. The molecule has 5 nitrogen and oxygen atoms in total. The molecule has 16 heavy (non-hydrogen) atoms. The molecule has 5 heteroatoms. The fourth-order valence-electron chi connectivity index (χ4n) is 1.42. The average molecular weight is 220 g/mol. The van der Waals surface area contributed by atoms with Crippen LogP contribution in [0.15, 0.2) is 18.3 Å². The molecule has 2 rings (SSSR count). The second-order valence-electron chi connectivity index (χ2n) is 3.42. The fourth-order valence-corrected chi connectivity index (χ4v) is 1.42. The van der Waals surface area contributed by atoms with Gasteiger partial charge in [-0.05, 0) is 24.1 Å². The number of carbonyl (C=O) groups is 1.